The Labute approximate surface area is 96.2 Å². The third kappa shape index (κ3) is 1.40. The molecule has 0 amide bonds. The quantitative estimate of drug-likeness (QED) is 0.571. The number of hydrogen-bond acceptors (Lipinski definition) is 3. The summed E-state index contributed by atoms with van der Waals surface area (Å²) >= 11 is 11.7. The maximum absolute atomic E-state index is 5.95. The highest BCUT2D eigenvalue weighted by atomic mass is 35.5. The van der Waals surface area contributed by atoms with Crippen molar-refractivity contribution in [2.24, 2.45) is 0 Å². The van der Waals surface area contributed by atoms with Crippen molar-refractivity contribution in [3.63, 3.8) is 0 Å². The molecule has 0 N–H and O–H groups in total. The van der Waals surface area contributed by atoms with E-state index in [1.165, 1.54) is 6.42 Å². The van der Waals surface area contributed by atoms with Crippen LogP contribution in [-0.2, 0) is 0 Å². The smallest absolute Gasteiger partial charge is 0.225 e. The Morgan fingerprint density at radius 1 is 1.27 bits per heavy atom. The van der Waals surface area contributed by atoms with E-state index in [9.17, 15) is 0 Å². The lowest BCUT2D eigenvalue weighted by Gasteiger charge is -2.25. The molecule has 2 aromatic rings. The first-order valence-electron chi connectivity index (χ1n) is 4.82. The van der Waals surface area contributed by atoms with Gasteiger partial charge in [-0.1, -0.05) is 11.6 Å². The fraction of sp³-hybridized carbons (Fsp3) is 0.444. The molecule has 0 aliphatic heterocycles. The van der Waals surface area contributed by atoms with E-state index in [4.69, 9.17) is 23.2 Å². The van der Waals surface area contributed by atoms with Crippen LogP contribution in [-0.4, -0.2) is 19.7 Å². The van der Waals surface area contributed by atoms with Gasteiger partial charge in [-0.3, -0.25) is 0 Å². The third-order valence-electron chi connectivity index (χ3n) is 2.80. The Balaban J connectivity index is 2.23. The first kappa shape index (κ1) is 9.36. The lowest BCUT2D eigenvalue weighted by atomic mass is 9.93. The Morgan fingerprint density at radius 3 is 2.73 bits per heavy atom. The van der Waals surface area contributed by atoms with Gasteiger partial charge in [0.05, 0.1) is 17.6 Å². The average Bonchev–Trinajstić information content (AvgIpc) is 2.46. The number of hydrogen-bond donors (Lipinski definition) is 0. The summed E-state index contributed by atoms with van der Waals surface area (Å²) in [5.41, 5.74) is 0.740. The van der Waals surface area contributed by atoms with Gasteiger partial charge in [-0.15, -0.1) is 0 Å². The van der Waals surface area contributed by atoms with Gasteiger partial charge in [0, 0.05) is 0 Å². The largest absolute Gasteiger partial charge is 0.244 e. The Kier molecular flexibility index (Phi) is 2.07. The fourth-order valence-corrected chi connectivity index (χ4v) is 2.19. The van der Waals surface area contributed by atoms with E-state index in [-0.39, 0.29) is 5.28 Å². The second-order valence-corrected chi connectivity index (χ2v) is 4.39. The van der Waals surface area contributed by atoms with Crippen LogP contribution < -0.4 is 0 Å². The zero-order valence-corrected chi connectivity index (χ0v) is 9.33. The van der Waals surface area contributed by atoms with E-state index < -0.39 is 0 Å². The lowest BCUT2D eigenvalue weighted by molar-refractivity contribution is 0.296. The summed E-state index contributed by atoms with van der Waals surface area (Å²) in [4.78, 5) is 8.05. The molecule has 1 aliphatic carbocycles. The highest BCUT2D eigenvalue weighted by Crippen LogP contribution is 2.34. The molecule has 0 spiro atoms. The van der Waals surface area contributed by atoms with Crippen LogP contribution in [0.15, 0.2) is 6.20 Å². The lowest BCUT2D eigenvalue weighted by Crippen LogP contribution is -2.18. The molecule has 0 bridgehead atoms. The minimum atomic E-state index is 0.175. The second kappa shape index (κ2) is 3.32. The molecule has 0 aromatic carbocycles. The average molecular weight is 243 g/mol. The summed E-state index contributed by atoms with van der Waals surface area (Å²) in [7, 11) is 0. The zero-order valence-electron chi connectivity index (χ0n) is 7.82. The van der Waals surface area contributed by atoms with Crippen LogP contribution in [0.5, 0.6) is 0 Å². The van der Waals surface area contributed by atoms with Crippen LogP contribution in [0, 0.1) is 0 Å². The van der Waals surface area contributed by atoms with Crippen molar-refractivity contribution in [1.29, 1.82) is 0 Å². The van der Waals surface area contributed by atoms with Gasteiger partial charge in [0.2, 0.25) is 5.28 Å². The molecule has 0 saturated heterocycles. The van der Waals surface area contributed by atoms with Crippen molar-refractivity contribution in [2.45, 2.75) is 25.3 Å². The summed E-state index contributed by atoms with van der Waals surface area (Å²) in [6, 6.07) is 0.449. The molecule has 15 heavy (non-hydrogen) atoms. The molecule has 0 atom stereocenters. The van der Waals surface area contributed by atoms with Crippen LogP contribution in [0.3, 0.4) is 0 Å². The van der Waals surface area contributed by atoms with Crippen LogP contribution in [0.25, 0.3) is 11.0 Å². The normalized spacial score (nSPS) is 16.9. The maximum Gasteiger partial charge on any atom is 0.225 e. The first-order chi connectivity index (χ1) is 7.25. The van der Waals surface area contributed by atoms with Gasteiger partial charge in [-0.2, -0.15) is 10.1 Å². The molecule has 0 radical (unpaired) electrons. The van der Waals surface area contributed by atoms with Crippen LogP contribution in [0.1, 0.15) is 25.3 Å². The number of nitrogens with zero attached hydrogens (tertiary/aromatic N) is 4. The van der Waals surface area contributed by atoms with Gasteiger partial charge >= 0.3 is 0 Å². The SMILES string of the molecule is Clc1nc(Cl)c2cnn(C3CCC3)c2n1. The van der Waals surface area contributed by atoms with Gasteiger partial charge in [0.1, 0.15) is 5.15 Å². The molecule has 6 heteroatoms. The Bertz CT molecular complexity index is 518. The summed E-state index contributed by atoms with van der Waals surface area (Å²) < 4.78 is 1.90. The highest BCUT2D eigenvalue weighted by molar-refractivity contribution is 6.35. The highest BCUT2D eigenvalue weighted by Gasteiger charge is 2.23. The summed E-state index contributed by atoms with van der Waals surface area (Å²) in [5, 5.41) is 5.61. The van der Waals surface area contributed by atoms with E-state index in [1.807, 2.05) is 4.68 Å². The summed E-state index contributed by atoms with van der Waals surface area (Å²) in [6.45, 7) is 0. The van der Waals surface area contributed by atoms with E-state index in [1.54, 1.807) is 6.20 Å². The number of rotatable bonds is 1. The minimum absolute atomic E-state index is 0.175. The molecule has 0 unspecified atom stereocenters. The molecule has 1 fully saturated rings. The third-order valence-corrected chi connectivity index (χ3v) is 3.26. The first-order valence-corrected chi connectivity index (χ1v) is 5.57. The fourth-order valence-electron chi connectivity index (χ4n) is 1.76. The number of fused-ring (bicyclic) bond motifs is 1. The van der Waals surface area contributed by atoms with Crippen molar-refractivity contribution >= 4 is 34.2 Å². The van der Waals surface area contributed by atoms with Gasteiger partial charge in [-0.25, -0.2) is 9.67 Å². The molecule has 1 saturated carbocycles. The summed E-state index contributed by atoms with van der Waals surface area (Å²) in [5.74, 6) is 0. The van der Waals surface area contributed by atoms with Gasteiger partial charge in [-0.05, 0) is 30.9 Å². The van der Waals surface area contributed by atoms with Crippen molar-refractivity contribution in [1.82, 2.24) is 19.7 Å². The molecule has 2 heterocycles. The van der Waals surface area contributed by atoms with E-state index >= 15 is 0 Å². The predicted molar refractivity (Wildman–Crippen MR) is 58.2 cm³/mol. The van der Waals surface area contributed by atoms with Gasteiger partial charge < -0.3 is 0 Å². The van der Waals surface area contributed by atoms with Gasteiger partial charge in [0.25, 0.3) is 0 Å². The predicted octanol–water partition coefficient (Wildman–Crippen LogP) is 2.86. The zero-order chi connectivity index (χ0) is 10.4. The van der Waals surface area contributed by atoms with Crippen molar-refractivity contribution in [3.05, 3.63) is 16.6 Å². The number of halogens is 2. The molecule has 78 valence electrons. The van der Waals surface area contributed by atoms with E-state index in [0.29, 0.717) is 11.2 Å². The van der Waals surface area contributed by atoms with E-state index in [0.717, 1.165) is 23.9 Å². The van der Waals surface area contributed by atoms with E-state index in [2.05, 4.69) is 15.1 Å². The Hall–Kier alpha value is -0.870. The van der Waals surface area contributed by atoms with Crippen molar-refractivity contribution in [2.75, 3.05) is 0 Å². The molecular weight excluding hydrogens is 235 g/mol. The van der Waals surface area contributed by atoms with Crippen LogP contribution >= 0.6 is 23.2 Å². The van der Waals surface area contributed by atoms with Crippen molar-refractivity contribution < 1.29 is 0 Å². The van der Waals surface area contributed by atoms with Crippen LogP contribution in [0.2, 0.25) is 10.4 Å². The minimum Gasteiger partial charge on any atom is -0.244 e. The molecule has 3 rings (SSSR count). The maximum atomic E-state index is 5.95. The van der Waals surface area contributed by atoms with Crippen molar-refractivity contribution in [3.8, 4) is 0 Å². The molecule has 4 nitrogen and oxygen atoms in total. The molecule has 1 aliphatic rings. The summed E-state index contributed by atoms with van der Waals surface area (Å²) in [6.07, 6.45) is 5.25. The topological polar surface area (TPSA) is 43.6 Å². The van der Waals surface area contributed by atoms with Crippen LogP contribution in [0.4, 0.5) is 0 Å². The molecular formula is C9H8Cl2N4. The molecule has 2 aromatic heterocycles. The standard InChI is InChI=1S/C9H8Cl2N4/c10-7-6-4-12-15(5-2-1-3-5)8(6)14-9(11)13-7/h4-5H,1-3H2. The number of aromatic nitrogens is 4. The second-order valence-electron chi connectivity index (χ2n) is 3.69. The Morgan fingerprint density at radius 2 is 2.07 bits per heavy atom. The van der Waals surface area contributed by atoms with Gasteiger partial charge in [0.15, 0.2) is 5.65 Å². The monoisotopic (exact) mass is 242 g/mol.